The van der Waals surface area contributed by atoms with E-state index in [1.165, 1.54) is 12.1 Å². The molecule has 1 aromatic heterocycles. The van der Waals surface area contributed by atoms with Gasteiger partial charge in [-0.2, -0.15) is 5.10 Å². The second kappa shape index (κ2) is 7.08. The first-order valence-corrected chi connectivity index (χ1v) is 7.49. The van der Waals surface area contributed by atoms with Gasteiger partial charge in [-0.25, -0.2) is 13.8 Å². The second-order valence-electron chi connectivity index (χ2n) is 5.42. The maximum atomic E-state index is 13.6. The van der Waals surface area contributed by atoms with Crippen LogP contribution in [0.4, 0.5) is 14.5 Å². The van der Waals surface area contributed by atoms with Crippen LogP contribution in [0.25, 0.3) is 0 Å². The van der Waals surface area contributed by atoms with E-state index in [4.69, 9.17) is 5.73 Å². The number of anilines is 1. The highest BCUT2D eigenvalue weighted by Gasteiger charge is 2.10. The molecule has 0 fully saturated rings. The Bertz CT molecular complexity index is 892. The van der Waals surface area contributed by atoms with Crippen LogP contribution in [0.2, 0.25) is 0 Å². The van der Waals surface area contributed by atoms with E-state index in [-0.39, 0.29) is 24.4 Å². The third kappa shape index (κ3) is 4.17. The Kier molecular flexibility index (Phi) is 4.69. The maximum Gasteiger partial charge on any atom is 0.251 e. The molecule has 0 saturated heterocycles. The number of aromatic amines is 1. The Hall–Kier alpha value is -3.29. The highest BCUT2D eigenvalue weighted by atomic mass is 19.1. The molecule has 0 radical (unpaired) electrons. The van der Waals surface area contributed by atoms with Crippen LogP contribution < -0.4 is 11.1 Å². The summed E-state index contributed by atoms with van der Waals surface area (Å²) in [6, 6.07) is 9.86. The van der Waals surface area contributed by atoms with Gasteiger partial charge in [-0.3, -0.25) is 9.89 Å². The van der Waals surface area contributed by atoms with Crippen molar-refractivity contribution in [2.75, 3.05) is 5.73 Å². The summed E-state index contributed by atoms with van der Waals surface area (Å²) < 4.78 is 26.5. The average molecular weight is 343 g/mol. The van der Waals surface area contributed by atoms with Crippen molar-refractivity contribution in [3.8, 4) is 0 Å². The first-order chi connectivity index (χ1) is 12.0. The zero-order valence-electron chi connectivity index (χ0n) is 13.1. The molecule has 0 bridgehead atoms. The van der Waals surface area contributed by atoms with E-state index in [2.05, 4.69) is 20.5 Å². The number of H-pyrrole nitrogens is 1. The average Bonchev–Trinajstić information content (AvgIpc) is 3.03. The monoisotopic (exact) mass is 343 g/mol. The summed E-state index contributed by atoms with van der Waals surface area (Å²) >= 11 is 0. The lowest BCUT2D eigenvalue weighted by Gasteiger charge is -2.03. The van der Waals surface area contributed by atoms with Gasteiger partial charge in [-0.15, -0.1) is 0 Å². The molecule has 0 aliphatic carbocycles. The molecule has 3 rings (SSSR count). The zero-order valence-corrected chi connectivity index (χ0v) is 13.1. The van der Waals surface area contributed by atoms with Gasteiger partial charge in [-0.05, 0) is 35.9 Å². The van der Waals surface area contributed by atoms with Crippen molar-refractivity contribution in [3.05, 3.63) is 76.9 Å². The van der Waals surface area contributed by atoms with E-state index in [9.17, 15) is 13.6 Å². The second-order valence-corrected chi connectivity index (χ2v) is 5.42. The van der Waals surface area contributed by atoms with E-state index >= 15 is 0 Å². The minimum atomic E-state index is -0.650. The van der Waals surface area contributed by atoms with Crippen LogP contribution >= 0.6 is 0 Å². The van der Waals surface area contributed by atoms with Gasteiger partial charge >= 0.3 is 0 Å². The Morgan fingerprint density at radius 2 is 1.92 bits per heavy atom. The lowest BCUT2D eigenvalue weighted by atomic mass is 10.1. The molecule has 128 valence electrons. The number of nitrogens with zero attached hydrogens (tertiary/aromatic N) is 2. The number of hydrogen-bond acceptors (Lipinski definition) is 4. The zero-order chi connectivity index (χ0) is 17.8. The Morgan fingerprint density at radius 3 is 2.64 bits per heavy atom. The highest BCUT2D eigenvalue weighted by molar-refractivity contribution is 5.94. The molecule has 0 aliphatic heterocycles. The van der Waals surface area contributed by atoms with Crippen LogP contribution in [0.5, 0.6) is 0 Å². The van der Waals surface area contributed by atoms with Crippen molar-refractivity contribution in [1.29, 1.82) is 0 Å². The molecule has 1 amide bonds. The van der Waals surface area contributed by atoms with Crippen molar-refractivity contribution in [2.45, 2.75) is 13.0 Å². The standard InChI is InChI=1S/C17H15F2N5O/c18-12-4-1-11(14(19)8-12)7-15-22-16(24-23-15)9-21-17(25)10-2-5-13(20)6-3-10/h1-6,8H,7,9,20H2,(H,21,25)(H,22,23,24). The molecular formula is C17H15F2N5O. The first kappa shape index (κ1) is 16.6. The number of carbonyl (C=O) groups excluding carboxylic acids is 1. The fourth-order valence-corrected chi connectivity index (χ4v) is 2.23. The lowest BCUT2D eigenvalue weighted by Crippen LogP contribution is -2.23. The van der Waals surface area contributed by atoms with E-state index in [0.717, 1.165) is 6.07 Å². The molecule has 2 aromatic carbocycles. The summed E-state index contributed by atoms with van der Waals surface area (Å²) in [5.41, 5.74) is 6.91. The number of hydrogen-bond donors (Lipinski definition) is 3. The van der Waals surface area contributed by atoms with Crippen molar-refractivity contribution in [3.63, 3.8) is 0 Å². The molecule has 4 N–H and O–H groups in total. The summed E-state index contributed by atoms with van der Waals surface area (Å²) in [5, 5.41) is 9.35. The number of halogens is 2. The Morgan fingerprint density at radius 1 is 1.16 bits per heavy atom. The third-order valence-electron chi connectivity index (χ3n) is 3.53. The van der Waals surface area contributed by atoms with E-state index in [1.807, 2.05) is 0 Å². The van der Waals surface area contributed by atoms with Crippen LogP contribution in [0, 0.1) is 11.6 Å². The van der Waals surface area contributed by atoms with E-state index in [0.29, 0.717) is 22.9 Å². The van der Waals surface area contributed by atoms with Gasteiger partial charge in [0.05, 0.1) is 6.54 Å². The summed E-state index contributed by atoms with van der Waals surface area (Å²) in [7, 11) is 0. The number of rotatable bonds is 5. The Labute approximate surface area is 142 Å². The van der Waals surface area contributed by atoms with Crippen LogP contribution in [0.1, 0.15) is 27.6 Å². The SMILES string of the molecule is Nc1ccc(C(=O)NCc2nc(Cc3ccc(F)cc3F)n[nH]2)cc1. The van der Waals surface area contributed by atoms with Gasteiger partial charge < -0.3 is 11.1 Å². The quantitative estimate of drug-likeness (QED) is 0.619. The number of carbonyl (C=O) groups is 1. The molecule has 0 spiro atoms. The summed E-state index contributed by atoms with van der Waals surface area (Å²) in [5.74, 6) is -0.781. The van der Waals surface area contributed by atoms with Crippen LogP contribution in [-0.2, 0) is 13.0 Å². The molecule has 0 saturated carbocycles. The topological polar surface area (TPSA) is 96.7 Å². The number of aromatic nitrogens is 3. The molecule has 6 nitrogen and oxygen atoms in total. The third-order valence-corrected chi connectivity index (χ3v) is 3.53. The van der Waals surface area contributed by atoms with Crippen LogP contribution in [0.3, 0.4) is 0 Å². The minimum Gasteiger partial charge on any atom is -0.399 e. The minimum absolute atomic E-state index is 0.120. The predicted octanol–water partition coefficient (Wildman–Crippen LogP) is 2.19. The van der Waals surface area contributed by atoms with Gasteiger partial charge in [0, 0.05) is 23.7 Å². The van der Waals surface area contributed by atoms with Gasteiger partial charge in [0.1, 0.15) is 17.5 Å². The normalized spacial score (nSPS) is 10.6. The lowest BCUT2D eigenvalue weighted by molar-refractivity contribution is 0.0950. The van der Waals surface area contributed by atoms with Crippen LogP contribution in [-0.4, -0.2) is 21.1 Å². The van der Waals surface area contributed by atoms with Crippen molar-refractivity contribution < 1.29 is 13.6 Å². The van der Waals surface area contributed by atoms with Crippen molar-refractivity contribution >= 4 is 11.6 Å². The molecule has 0 aliphatic rings. The molecule has 1 heterocycles. The molecule has 0 unspecified atom stereocenters. The van der Waals surface area contributed by atoms with Crippen LogP contribution in [0.15, 0.2) is 42.5 Å². The number of amides is 1. The van der Waals surface area contributed by atoms with E-state index < -0.39 is 11.6 Å². The fraction of sp³-hybridized carbons (Fsp3) is 0.118. The van der Waals surface area contributed by atoms with Gasteiger partial charge in [-0.1, -0.05) is 6.07 Å². The summed E-state index contributed by atoms with van der Waals surface area (Å²) in [4.78, 5) is 16.2. The van der Waals surface area contributed by atoms with Gasteiger partial charge in [0.15, 0.2) is 5.82 Å². The fourth-order valence-electron chi connectivity index (χ4n) is 2.23. The van der Waals surface area contributed by atoms with E-state index in [1.54, 1.807) is 24.3 Å². The van der Waals surface area contributed by atoms with Crippen molar-refractivity contribution in [2.24, 2.45) is 0 Å². The van der Waals surface area contributed by atoms with Gasteiger partial charge in [0.2, 0.25) is 0 Å². The smallest absolute Gasteiger partial charge is 0.251 e. The molecule has 0 atom stereocenters. The number of nitrogens with two attached hydrogens (primary N) is 1. The summed E-state index contributed by atoms with van der Waals surface area (Å²) in [6.45, 7) is 0.141. The van der Waals surface area contributed by atoms with Gasteiger partial charge in [0.25, 0.3) is 5.91 Å². The number of nitrogens with one attached hydrogen (secondary N) is 2. The van der Waals surface area contributed by atoms with Crippen molar-refractivity contribution in [1.82, 2.24) is 20.5 Å². The highest BCUT2D eigenvalue weighted by Crippen LogP contribution is 2.12. The molecular weight excluding hydrogens is 328 g/mol. The molecule has 25 heavy (non-hydrogen) atoms. The molecule has 8 heteroatoms. The largest absolute Gasteiger partial charge is 0.399 e. The summed E-state index contributed by atoms with van der Waals surface area (Å²) in [6.07, 6.45) is 0.120. The number of benzene rings is 2. The Balaban J connectivity index is 1.60. The first-order valence-electron chi connectivity index (χ1n) is 7.49. The maximum absolute atomic E-state index is 13.6. The number of nitrogen functional groups attached to an aromatic ring is 1. The molecule has 3 aromatic rings. The predicted molar refractivity (Wildman–Crippen MR) is 87.6 cm³/mol.